The fourth-order valence-electron chi connectivity index (χ4n) is 1.47. The van der Waals surface area contributed by atoms with E-state index in [0.717, 1.165) is 12.8 Å². The summed E-state index contributed by atoms with van der Waals surface area (Å²) in [5, 5.41) is 0.162. The molecule has 0 aliphatic heterocycles. The van der Waals surface area contributed by atoms with E-state index in [2.05, 4.69) is 0 Å². The smallest absolute Gasteiger partial charge is 0.262 e. The van der Waals surface area contributed by atoms with E-state index in [-0.39, 0.29) is 21.0 Å². The molecule has 0 aliphatic rings. The molecule has 102 valence electrons. The van der Waals surface area contributed by atoms with Gasteiger partial charge >= 0.3 is 0 Å². The molecule has 0 fully saturated rings. The van der Waals surface area contributed by atoms with Gasteiger partial charge in [0, 0.05) is 16.7 Å². The van der Waals surface area contributed by atoms with Crippen LogP contribution in [0.5, 0.6) is 5.75 Å². The number of ether oxygens (including phenoxy) is 1. The zero-order valence-corrected chi connectivity index (χ0v) is 13.0. The maximum absolute atomic E-state index is 11.2. The lowest BCUT2D eigenvalue weighted by Crippen LogP contribution is -2.11. The second-order valence-corrected chi connectivity index (χ2v) is 7.22. The number of hydrogen-bond acceptors (Lipinski definition) is 3. The van der Waals surface area contributed by atoms with Crippen LogP contribution in [-0.4, -0.2) is 14.5 Å². The van der Waals surface area contributed by atoms with E-state index < -0.39 is 9.05 Å². The van der Waals surface area contributed by atoms with Crippen LogP contribution < -0.4 is 4.74 Å². The highest BCUT2D eigenvalue weighted by molar-refractivity contribution is 8.13. The average Bonchev–Trinajstić information content (AvgIpc) is 2.21. The number of benzene rings is 1. The third-order valence-corrected chi connectivity index (χ3v) is 4.35. The minimum Gasteiger partial charge on any atom is -0.489 e. The van der Waals surface area contributed by atoms with E-state index >= 15 is 0 Å². The minimum atomic E-state index is -3.91. The van der Waals surface area contributed by atoms with Crippen LogP contribution in [-0.2, 0) is 9.05 Å². The maximum Gasteiger partial charge on any atom is 0.262 e. The van der Waals surface area contributed by atoms with Crippen molar-refractivity contribution >= 4 is 42.9 Å². The Morgan fingerprint density at radius 1 is 1.28 bits per heavy atom. The Bertz CT molecular complexity index is 529. The van der Waals surface area contributed by atoms with E-state index in [1.54, 1.807) is 0 Å². The second-order valence-electron chi connectivity index (χ2n) is 3.87. The van der Waals surface area contributed by atoms with Crippen LogP contribution in [0.2, 0.25) is 10.0 Å². The zero-order chi connectivity index (χ0) is 13.9. The first-order valence-electron chi connectivity index (χ1n) is 5.36. The second kappa shape index (κ2) is 6.33. The molecule has 1 aromatic rings. The first-order chi connectivity index (χ1) is 8.25. The molecule has 1 aromatic carbocycles. The molecule has 0 N–H and O–H groups in total. The standard InChI is InChI=1S/C11H13Cl3O3S/c1-3-4-7(2)17-10-5-9(13)11(6-8(10)12)18(14,15)16/h5-7H,3-4H2,1-2H3. The monoisotopic (exact) mass is 330 g/mol. The molecule has 1 rings (SSSR count). The van der Waals surface area contributed by atoms with Crippen LogP contribution in [0, 0.1) is 0 Å². The summed E-state index contributed by atoms with van der Waals surface area (Å²) in [4.78, 5) is -0.216. The summed E-state index contributed by atoms with van der Waals surface area (Å²) in [7, 11) is 1.32. The molecule has 0 heterocycles. The third-order valence-electron chi connectivity index (χ3n) is 2.27. The van der Waals surface area contributed by atoms with E-state index in [9.17, 15) is 8.42 Å². The Morgan fingerprint density at radius 2 is 1.89 bits per heavy atom. The lowest BCUT2D eigenvalue weighted by atomic mass is 10.2. The van der Waals surface area contributed by atoms with Crippen LogP contribution in [0.25, 0.3) is 0 Å². The van der Waals surface area contributed by atoms with Gasteiger partial charge in [0.05, 0.1) is 16.1 Å². The van der Waals surface area contributed by atoms with Crippen molar-refractivity contribution in [3.8, 4) is 5.75 Å². The van der Waals surface area contributed by atoms with Crippen LogP contribution in [0.1, 0.15) is 26.7 Å². The number of halogens is 3. The highest BCUT2D eigenvalue weighted by atomic mass is 35.7. The predicted molar refractivity (Wildman–Crippen MR) is 74.5 cm³/mol. The first kappa shape index (κ1) is 15.9. The quantitative estimate of drug-likeness (QED) is 0.747. The van der Waals surface area contributed by atoms with Gasteiger partial charge in [0.1, 0.15) is 10.6 Å². The van der Waals surface area contributed by atoms with E-state index in [1.807, 2.05) is 13.8 Å². The molecule has 0 bridgehead atoms. The molecular formula is C11H13Cl3O3S. The lowest BCUT2D eigenvalue weighted by Gasteiger charge is -2.15. The fraction of sp³-hybridized carbons (Fsp3) is 0.455. The zero-order valence-electron chi connectivity index (χ0n) is 9.91. The molecule has 1 atom stereocenters. The molecular weight excluding hydrogens is 319 g/mol. The molecule has 0 amide bonds. The van der Waals surface area contributed by atoms with E-state index in [0.29, 0.717) is 5.75 Å². The summed E-state index contributed by atoms with van der Waals surface area (Å²) < 4.78 is 28.0. The molecule has 0 saturated carbocycles. The predicted octanol–water partition coefficient (Wildman–Crippen LogP) is 4.49. The van der Waals surface area contributed by atoms with Crippen LogP contribution >= 0.6 is 33.9 Å². The first-order valence-corrected chi connectivity index (χ1v) is 8.42. The minimum absolute atomic E-state index is 0.00639. The summed E-state index contributed by atoms with van der Waals surface area (Å²) in [6.07, 6.45) is 1.81. The highest BCUT2D eigenvalue weighted by Gasteiger charge is 2.19. The van der Waals surface area contributed by atoms with Gasteiger partial charge in [-0.25, -0.2) is 8.42 Å². The van der Waals surface area contributed by atoms with Gasteiger partial charge < -0.3 is 4.74 Å². The van der Waals surface area contributed by atoms with Gasteiger partial charge in [0.15, 0.2) is 0 Å². The van der Waals surface area contributed by atoms with Gasteiger partial charge in [-0.2, -0.15) is 0 Å². The van der Waals surface area contributed by atoms with Gasteiger partial charge in [-0.1, -0.05) is 36.5 Å². The summed E-state index contributed by atoms with van der Waals surface area (Å²) >= 11 is 11.8. The highest BCUT2D eigenvalue weighted by Crippen LogP contribution is 2.35. The van der Waals surface area contributed by atoms with Gasteiger partial charge in [0.2, 0.25) is 0 Å². The molecule has 0 aromatic heterocycles. The third kappa shape index (κ3) is 4.19. The van der Waals surface area contributed by atoms with Gasteiger partial charge in [0.25, 0.3) is 9.05 Å². The van der Waals surface area contributed by atoms with Crippen molar-refractivity contribution in [1.29, 1.82) is 0 Å². The molecule has 0 radical (unpaired) electrons. The topological polar surface area (TPSA) is 43.4 Å². The molecule has 0 saturated heterocycles. The fourth-order valence-corrected chi connectivity index (χ4v) is 3.25. The van der Waals surface area contributed by atoms with Crippen LogP contribution in [0.4, 0.5) is 0 Å². The maximum atomic E-state index is 11.2. The van der Waals surface area contributed by atoms with Crippen molar-refractivity contribution in [2.75, 3.05) is 0 Å². The van der Waals surface area contributed by atoms with E-state index in [1.165, 1.54) is 12.1 Å². The lowest BCUT2D eigenvalue weighted by molar-refractivity contribution is 0.210. The van der Waals surface area contributed by atoms with E-state index in [4.69, 9.17) is 38.6 Å². The van der Waals surface area contributed by atoms with Crippen molar-refractivity contribution in [2.45, 2.75) is 37.7 Å². The Balaban J connectivity index is 3.08. The van der Waals surface area contributed by atoms with Gasteiger partial charge in [-0.05, 0) is 19.4 Å². The summed E-state index contributed by atoms with van der Waals surface area (Å²) in [5.74, 6) is 0.353. The summed E-state index contributed by atoms with van der Waals surface area (Å²) in [5.41, 5.74) is 0. The van der Waals surface area contributed by atoms with Crippen molar-refractivity contribution in [2.24, 2.45) is 0 Å². The molecule has 0 aliphatic carbocycles. The molecule has 18 heavy (non-hydrogen) atoms. The molecule has 3 nitrogen and oxygen atoms in total. The van der Waals surface area contributed by atoms with Crippen LogP contribution in [0.3, 0.4) is 0 Å². The van der Waals surface area contributed by atoms with Crippen molar-refractivity contribution < 1.29 is 13.2 Å². The Hall–Kier alpha value is -0.160. The van der Waals surface area contributed by atoms with Gasteiger partial charge in [-0.15, -0.1) is 0 Å². The molecule has 1 unspecified atom stereocenters. The summed E-state index contributed by atoms with van der Waals surface area (Å²) in [6, 6.07) is 2.56. The van der Waals surface area contributed by atoms with Crippen LogP contribution in [0.15, 0.2) is 17.0 Å². The Morgan fingerprint density at radius 3 is 2.39 bits per heavy atom. The van der Waals surface area contributed by atoms with Crippen molar-refractivity contribution in [1.82, 2.24) is 0 Å². The largest absolute Gasteiger partial charge is 0.489 e. The molecule has 0 spiro atoms. The van der Waals surface area contributed by atoms with Gasteiger partial charge in [-0.3, -0.25) is 0 Å². The number of hydrogen-bond donors (Lipinski definition) is 0. The van der Waals surface area contributed by atoms with Crippen molar-refractivity contribution in [3.63, 3.8) is 0 Å². The number of rotatable bonds is 5. The Labute approximate surface area is 121 Å². The SMILES string of the molecule is CCCC(C)Oc1cc(Cl)c(S(=O)(=O)Cl)cc1Cl. The average molecular weight is 332 g/mol. The van der Waals surface area contributed by atoms with Crippen molar-refractivity contribution in [3.05, 3.63) is 22.2 Å². The summed E-state index contributed by atoms with van der Waals surface area (Å²) in [6.45, 7) is 3.94. The Kier molecular flexibility index (Phi) is 5.59. The molecule has 7 heteroatoms. The normalized spacial score (nSPS) is 13.4.